The average molecular weight is 361 g/mol. The summed E-state index contributed by atoms with van der Waals surface area (Å²) < 4.78 is 1.04. The van der Waals surface area contributed by atoms with E-state index >= 15 is 0 Å². The van der Waals surface area contributed by atoms with Crippen LogP contribution in [0.5, 0.6) is 0 Å². The molecular weight excluding hydrogens is 340 g/mol. The van der Waals surface area contributed by atoms with E-state index in [1.165, 1.54) is 16.9 Å². The minimum Gasteiger partial charge on any atom is -0.338 e. The van der Waals surface area contributed by atoms with Crippen LogP contribution in [0.25, 0.3) is 21.0 Å². The number of benzene rings is 1. The van der Waals surface area contributed by atoms with E-state index < -0.39 is 0 Å². The third kappa shape index (κ3) is 3.13. The number of carbonyl (C=O) groups is 1. The number of unbranched alkanes of at least 4 members (excludes halogenated alkanes) is 1. The van der Waals surface area contributed by atoms with Gasteiger partial charge in [-0.1, -0.05) is 36.6 Å². The summed E-state index contributed by atoms with van der Waals surface area (Å²) in [6.07, 6.45) is 2.10. The minimum atomic E-state index is 0.0871. The van der Waals surface area contributed by atoms with Crippen LogP contribution in [0, 0.1) is 6.92 Å². The number of carbonyl (C=O) groups excluding carboxylic acids is 1. The summed E-state index contributed by atoms with van der Waals surface area (Å²) in [4.78, 5) is 20.0. The van der Waals surface area contributed by atoms with Crippen LogP contribution in [0.1, 0.15) is 41.9 Å². The van der Waals surface area contributed by atoms with Gasteiger partial charge in [0, 0.05) is 28.6 Å². The minimum absolute atomic E-state index is 0.0871. The fourth-order valence-electron chi connectivity index (χ4n) is 2.85. The van der Waals surface area contributed by atoms with Crippen molar-refractivity contribution >= 4 is 49.8 Å². The molecule has 0 aliphatic heterocycles. The van der Waals surface area contributed by atoms with Gasteiger partial charge in [0.25, 0.3) is 5.91 Å². The van der Waals surface area contributed by atoms with Gasteiger partial charge in [0.15, 0.2) is 0 Å². The molecule has 0 fully saturated rings. The number of hydrogen-bond acceptors (Lipinski definition) is 3. The smallest absolute Gasteiger partial charge is 0.263 e. The lowest BCUT2D eigenvalue weighted by atomic mass is 10.1. The molecule has 0 bridgehead atoms. The SMILES string of the molecule is CCCCN(CC)C(=O)c1cc2c(Cl)nc3ccc(C)cc3c2s1. The van der Waals surface area contributed by atoms with Crippen LogP contribution in [-0.2, 0) is 0 Å². The van der Waals surface area contributed by atoms with Gasteiger partial charge in [-0.15, -0.1) is 11.3 Å². The first-order valence-corrected chi connectivity index (χ1v) is 9.53. The Balaban J connectivity index is 2.10. The lowest BCUT2D eigenvalue weighted by Crippen LogP contribution is -2.31. The van der Waals surface area contributed by atoms with E-state index in [4.69, 9.17) is 11.6 Å². The highest BCUT2D eigenvalue weighted by Gasteiger charge is 2.19. The Morgan fingerprint density at radius 3 is 2.75 bits per heavy atom. The molecule has 0 unspecified atom stereocenters. The van der Waals surface area contributed by atoms with E-state index in [-0.39, 0.29) is 5.91 Å². The molecule has 3 rings (SSSR count). The Labute approximate surface area is 151 Å². The summed E-state index contributed by atoms with van der Waals surface area (Å²) in [6.45, 7) is 7.74. The van der Waals surface area contributed by atoms with Crippen LogP contribution in [0.4, 0.5) is 0 Å². The molecular formula is C19H21ClN2OS. The van der Waals surface area contributed by atoms with Gasteiger partial charge in [-0.3, -0.25) is 4.79 Å². The van der Waals surface area contributed by atoms with Crippen molar-refractivity contribution in [1.82, 2.24) is 9.88 Å². The predicted molar refractivity (Wildman–Crippen MR) is 103 cm³/mol. The summed E-state index contributed by atoms with van der Waals surface area (Å²) in [5.74, 6) is 0.0871. The van der Waals surface area contributed by atoms with E-state index in [1.54, 1.807) is 0 Å². The van der Waals surface area contributed by atoms with Gasteiger partial charge in [-0.25, -0.2) is 4.98 Å². The average Bonchev–Trinajstić information content (AvgIpc) is 3.02. The fourth-order valence-corrected chi connectivity index (χ4v) is 4.30. The van der Waals surface area contributed by atoms with Gasteiger partial charge in [-0.05, 0) is 38.5 Å². The second kappa shape index (κ2) is 7.08. The second-order valence-corrected chi connectivity index (χ2v) is 7.43. The van der Waals surface area contributed by atoms with Crippen molar-refractivity contribution in [2.24, 2.45) is 0 Å². The maximum atomic E-state index is 12.8. The van der Waals surface area contributed by atoms with Crippen LogP contribution >= 0.6 is 22.9 Å². The molecule has 126 valence electrons. The number of amides is 1. The predicted octanol–water partition coefficient (Wildman–Crippen LogP) is 5.67. The summed E-state index contributed by atoms with van der Waals surface area (Å²) >= 11 is 7.88. The Morgan fingerprint density at radius 1 is 1.25 bits per heavy atom. The van der Waals surface area contributed by atoms with E-state index in [2.05, 4.69) is 24.9 Å². The van der Waals surface area contributed by atoms with Gasteiger partial charge in [0.2, 0.25) is 0 Å². The highest BCUT2D eigenvalue weighted by atomic mass is 35.5. The number of nitrogens with zero attached hydrogens (tertiary/aromatic N) is 2. The number of fused-ring (bicyclic) bond motifs is 3. The Morgan fingerprint density at radius 2 is 2.04 bits per heavy atom. The summed E-state index contributed by atoms with van der Waals surface area (Å²) in [5, 5.41) is 2.40. The molecule has 0 N–H and O–H groups in total. The zero-order chi connectivity index (χ0) is 17.3. The third-order valence-electron chi connectivity index (χ3n) is 4.23. The van der Waals surface area contributed by atoms with Crippen molar-refractivity contribution in [3.63, 3.8) is 0 Å². The molecule has 1 amide bonds. The molecule has 0 aliphatic rings. The first kappa shape index (κ1) is 17.2. The molecule has 0 radical (unpaired) electrons. The topological polar surface area (TPSA) is 33.2 Å². The molecule has 2 heterocycles. The number of aromatic nitrogens is 1. The monoisotopic (exact) mass is 360 g/mol. The van der Waals surface area contributed by atoms with Crippen LogP contribution in [0.15, 0.2) is 24.3 Å². The fraction of sp³-hybridized carbons (Fsp3) is 0.368. The third-order valence-corrected chi connectivity index (χ3v) is 5.68. The molecule has 5 heteroatoms. The van der Waals surface area contributed by atoms with Gasteiger partial charge >= 0.3 is 0 Å². The van der Waals surface area contributed by atoms with Gasteiger partial charge in [-0.2, -0.15) is 0 Å². The lowest BCUT2D eigenvalue weighted by molar-refractivity contribution is 0.0767. The molecule has 0 saturated carbocycles. The maximum Gasteiger partial charge on any atom is 0.263 e. The van der Waals surface area contributed by atoms with Crippen LogP contribution in [-0.4, -0.2) is 28.9 Å². The molecule has 3 nitrogen and oxygen atoms in total. The first-order chi connectivity index (χ1) is 11.5. The number of pyridine rings is 1. The molecule has 0 atom stereocenters. The van der Waals surface area contributed by atoms with Crippen LogP contribution < -0.4 is 0 Å². The standard InChI is InChI=1S/C19H21ClN2OS/c1-4-6-9-22(5-2)19(23)16-11-14-17(24-16)13-10-12(3)7-8-15(13)21-18(14)20/h7-8,10-11H,4-6,9H2,1-3H3. The van der Waals surface area contributed by atoms with E-state index in [9.17, 15) is 4.79 Å². The zero-order valence-electron chi connectivity index (χ0n) is 14.2. The first-order valence-electron chi connectivity index (χ1n) is 8.33. The largest absolute Gasteiger partial charge is 0.338 e. The van der Waals surface area contributed by atoms with Gasteiger partial charge in [0.05, 0.1) is 10.4 Å². The molecule has 0 spiro atoms. The Kier molecular flexibility index (Phi) is 5.07. The molecule has 1 aromatic carbocycles. The summed E-state index contributed by atoms with van der Waals surface area (Å²) in [7, 11) is 0. The highest BCUT2D eigenvalue weighted by Crippen LogP contribution is 2.36. The molecule has 24 heavy (non-hydrogen) atoms. The Bertz CT molecular complexity index is 903. The van der Waals surface area contributed by atoms with Gasteiger partial charge in [0.1, 0.15) is 5.15 Å². The number of thiophene rings is 1. The van der Waals surface area contributed by atoms with Crippen molar-refractivity contribution < 1.29 is 4.79 Å². The summed E-state index contributed by atoms with van der Waals surface area (Å²) in [6, 6.07) is 8.02. The molecule has 0 aliphatic carbocycles. The maximum absolute atomic E-state index is 12.8. The normalized spacial score (nSPS) is 11.3. The number of halogens is 1. The Hall–Kier alpha value is -1.65. The van der Waals surface area contributed by atoms with Crippen molar-refractivity contribution in [3.8, 4) is 0 Å². The van der Waals surface area contributed by atoms with E-state index in [1.807, 2.05) is 30.0 Å². The highest BCUT2D eigenvalue weighted by molar-refractivity contribution is 7.21. The quantitative estimate of drug-likeness (QED) is 0.549. The van der Waals surface area contributed by atoms with Crippen molar-refractivity contribution in [3.05, 3.63) is 39.9 Å². The second-order valence-electron chi connectivity index (χ2n) is 6.02. The van der Waals surface area contributed by atoms with Crippen LogP contribution in [0.2, 0.25) is 5.15 Å². The number of rotatable bonds is 5. The lowest BCUT2D eigenvalue weighted by Gasteiger charge is -2.19. The van der Waals surface area contributed by atoms with E-state index in [0.717, 1.165) is 51.8 Å². The molecule has 2 aromatic heterocycles. The van der Waals surface area contributed by atoms with Gasteiger partial charge < -0.3 is 4.90 Å². The van der Waals surface area contributed by atoms with Crippen molar-refractivity contribution in [2.75, 3.05) is 13.1 Å². The number of hydrogen-bond donors (Lipinski definition) is 0. The van der Waals surface area contributed by atoms with E-state index in [0.29, 0.717) is 5.15 Å². The molecule has 0 saturated heterocycles. The zero-order valence-corrected chi connectivity index (χ0v) is 15.8. The van der Waals surface area contributed by atoms with Crippen molar-refractivity contribution in [1.29, 1.82) is 0 Å². The number of aryl methyl sites for hydroxylation is 1. The van der Waals surface area contributed by atoms with Crippen molar-refractivity contribution in [2.45, 2.75) is 33.6 Å². The summed E-state index contributed by atoms with van der Waals surface area (Å²) in [5.41, 5.74) is 2.05. The molecule has 3 aromatic rings. The van der Waals surface area contributed by atoms with Crippen LogP contribution in [0.3, 0.4) is 0 Å².